The van der Waals surface area contributed by atoms with Crippen molar-refractivity contribution in [2.24, 2.45) is 0 Å². The SMILES string of the molecule is [2H]C([2H])(O)CCOc1ccccc1. The van der Waals surface area contributed by atoms with Crippen LogP contribution in [-0.2, 0) is 0 Å². The molecule has 1 aromatic rings. The molecule has 0 saturated heterocycles. The van der Waals surface area contributed by atoms with Gasteiger partial charge in [-0.2, -0.15) is 0 Å². The van der Waals surface area contributed by atoms with Gasteiger partial charge in [-0.05, 0) is 12.1 Å². The van der Waals surface area contributed by atoms with Crippen molar-refractivity contribution in [3.05, 3.63) is 30.3 Å². The van der Waals surface area contributed by atoms with E-state index < -0.39 is 6.56 Å². The zero-order valence-corrected chi connectivity index (χ0v) is 6.16. The predicted octanol–water partition coefficient (Wildman–Crippen LogP) is 1.45. The number of benzene rings is 1. The van der Waals surface area contributed by atoms with Crippen molar-refractivity contribution in [2.75, 3.05) is 13.2 Å². The summed E-state index contributed by atoms with van der Waals surface area (Å²) in [5.41, 5.74) is 0. The summed E-state index contributed by atoms with van der Waals surface area (Å²) in [5.74, 6) is 0.687. The molecule has 0 aliphatic rings. The second-order valence-corrected chi connectivity index (χ2v) is 2.07. The molecule has 0 spiro atoms. The Morgan fingerprint density at radius 3 is 2.73 bits per heavy atom. The fourth-order valence-corrected chi connectivity index (χ4v) is 0.731. The van der Waals surface area contributed by atoms with Gasteiger partial charge in [0.15, 0.2) is 0 Å². The van der Waals surface area contributed by atoms with E-state index in [9.17, 15) is 0 Å². The molecule has 0 aliphatic carbocycles. The molecule has 0 amide bonds. The van der Waals surface area contributed by atoms with Crippen molar-refractivity contribution < 1.29 is 12.6 Å². The van der Waals surface area contributed by atoms with Gasteiger partial charge in [-0.25, -0.2) is 0 Å². The van der Waals surface area contributed by atoms with E-state index in [-0.39, 0.29) is 13.0 Å². The molecule has 0 heterocycles. The monoisotopic (exact) mass is 154 g/mol. The van der Waals surface area contributed by atoms with Crippen molar-refractivity contribution in [3.63, 3.8) is 0 Å². The first-order valence-electron chi connectivity index (χ1n) is 4.48. The Balaban J connectivity index is 2.29. The number of hydrogen-bond donors (Lipinski definition) is 1. The summed E-state index contributed by atoms with van der Waals surface area (Å²) in [5, 5.41) is 8.75. The van der Waals surface area contributed by atoms with Crippen LogP contribution < -0.4 is 4.74 Å². The fourth-order valence-electron chi connectivity index (χ4n) is 0.731. The third-order valence-corrected chi connectivity index (χ3v) is 1.23. The molecule has 0 unspecified atom stereocenters. The highest BCUT2D eigenvalue weighted by Crippen LogP contribution is 2.07. The van der Waals surface area contributed by atoms with E-state index in [0.29, 0.717) is 5.75 Å². The number of rotatable bonds is 4. The van der Waals surface area contributed by atoms with Gasteiger partial charge in [0.05, 0.1) is 9.35 Å². The highest BCUT2D eigenvalue weighted by atomic mass is 16.5. The minimum absolute atomic E-state index is 0.0259. The Morgan fingerprint density at radius 1 is 1.36 bits per heavy atom. The Labute approximate surface area is 69.2 Å². The van der Waals surface area contributed by atoms with Crippen molar-refractivity contribution in [3.8, 4) is 5.75 Å². The maximum atomic E-state index is 8.75. The molecular weight excluding hydrogens is 140 g/mol. The summed E-state index contributed by atoms with van der Waals surface area (Å²) in [4.78, 5) is 0. The molecule has 1 N–H and O–H groups in total. The van der Waals surface area contributed by atoms with Crippen LogP contribution in [0.4, 0.5) is 0 Å². The molecule has 0 aromatic heterocycles. The topological polar surface area (TPSA) is 29.5 Å². The lowest BCUT2D eigenvalue weighted by molar-refractivity contribution is 0.233. The predicted molar refractivity (Wildman–Crippen MR) is 43.6 cm³/mol. The summed E-state index contributed by atoms with van der Waals surface area (Å²) in [6, 6.07) is 9.11. The van der Waals surface area contributed by atoms with Gasteiger partial charge in [0.2, 0.25) is 0 Å². The second-order valence-electron chi connectivity index (χ2n) is 2.07. The van der Waals surface area contributed by atoms with Crippen molar-refractivity contribution >= 4 is 0 Å². The maximum absolute atomic E-state index is 8.75. The Hall–Kier alpha value is -1.02. The van der Waals surface area contributed by atoms with Crippen molar-refractivity contribution in [1.29, 1.82) is 0 Å². The summed E-state index contributed by atoms with van der Waals surface area (Å²) in [6.07, 6.45) is -0.0259. The molecule has 0 atom stereocenters. The van der Waals surface area contributed by atoms with Gasteiger partial charge in [0, 0.05) is 13.0 Å². The Morgan fingerprint density at radius 2 is 2.09 bits per heavy atom. The minimum atomic E-state index is -2.14. The zero-order valence-electron chi connectivity index (χ0n) is 8.16. The van der Waals surface area contributed by atoms with E-state index in [1.807, 2.05) is 18.2 Å². The first-order valence-corrected chi connectivity index (χ1v) is 3.48. The number of aliphatic hydroxyl groups is 1. The van der Waals surface area contributed by atoms with Gasteiger partial charge in [0.1, 0.15) is 5.75 Å². The van der Waals surface area contributed by atoms with E-state index >= 15 is 0 Å². The minimum Gasteiger partial charge on any atom is -0.494 e. The van der Waals surface area contributed by atoms with Gasteiger partial charge in [-0.15, -0.1) is 0 Å². The van der Waals surface area contributed by atoms with Crippen LogP contribution in [-0.4, -0.2) is 18.3 Å². The van der Waals surface area contributed by atoms with E-state index in [4.69, 9.17) is 12.6 Å². The molecule has 2 nitrogen and oxygen atoms in total. The third kappa shape index (κ3) is 3.05. The van der Waals surface area contributed by atoms with Gasteiger partial charge >= 0.3 is 0 Å². The van der Waals surface area contributed by atoms with E-state index in [0.717, 1.165) is 0 Å². The van der Waals surface area contributed by atoms with Crippen LogP contribution >= 0.6 is 0 Å². The standard InChI is InChI=1S/C9H12O2/c10-7-4-8-11-9-5-2-1-3-6-9/h1-3,5-6,10H,4,7-8H2/i7D2. The Kier molecular flexibility index (Phi) is 2.42. The van der Waals surface area contributed by atoms with Crippen molar-refractivity contribution in [1.82, 2.24) is 0 Å². The second kappa shape index (κ2) is 4.74. The van der Waals surface area contributed by atoms with E-state index in [1.54, 1.807) is 12.1 Å². The molecule has 0 fully saturated rings. The largest absolute Gasteiger partial charge is 0.494 e. The van der Waals surface area contributed by atoms with Crippen LogP contribution in [0.25, 0.3) is 0 Å². The molecule has 0 bridgehead atoms. The van der Waals surface area contributed by atoms with Crippen molar-refractivity contribution in [2.45, 2.75) is 6.42 Å². The fraction of sp³-hybridized carbons (Fsp3) is 0.333. The maximum Gasteiger partial charge on any atom is 0.119 e. The zero-order chi connectivity index (χ0) is 9.73. The van der Waals surface area contributed by atoms with Crippen LogP contribution in [0.15, 0.2) is 30.3 Å². The van der Waals surface area contributed by atoms with Crippen LogP contribution in [0.2, 0.25) is 0 Å². The molecule has 1 aromatic carbocycles. The molecule has 1 rings (SSSR count). The summed E-state index contributed by atoms with van der Waals surface area (Å²) in [7, 11) is 0. The molecule has 11 heavy (non-hydrogen) atoms. The van der Waals surface area contributed by atoms with Gasteiger partial charge < -0.3 is 9.84 Å². The average molecular weight is 154 g/mol. The van der Waals surface area contributed by atoms with Crippen LogP contribution in [0.1, 0.15) is 9.16 Å². The summed E-state index contributed by atoms with van der Waals surface area (Å²) in [6.45, 7) is -1.97. The lowest BCUT2D eigenvalue weighted by atomic mass is 10.3. The number of para-hydroxylation sites is 1. The summed E-state index contributed by atoms with van der Waals surface area (Å²) < 4.78 is 18.9. The van der Waals surface area contributed by atoms with E-state index in [2.05, 4.69) is 0 Å². The Bertz CT molecular complexity index is 244. The first-order chi connectivity index (χ1) is 6.08. The highest BCUT2D eigenvalue weighted by Gasteiger charge is 1.88. The molecule has 2 heteroatoms. The summed E-state index contributed by atoms with van der Waals surface area (Å²) >= 11 is 0. The third-order valence-electron chi connectivity index (χ3n) is 1.23. The van der Waals surface area contributed by atoms with Gasteiger partial charge in [-0.1, -0.05) is 18.2 Å². The number of ether oxygens (including phenoxy) is 1. The normalized spacial score (nSPS) is 13.5. The molecule has 0 aliphatic heterocycles. The molecule has 60 valence electrons. The first kappa shape index (κ1) is 5.61. The van der Waals surface area contributed by atoms with Gasteiger partial charge in [0.25, 0.3) is 0 Å². The van der Waals surface area contributed by atoms with Crippen LogP contribution in [0, 0.1) is 0 Å². The quantitative estimate of drug-likeness (QED) is 0.711. The molecule has 0 saturated carbocycles. The highest BCUT2D eigenvalue weighted by molar-refractivity contribution is 5.20. The smallest absolute Gasteiger partial charge is 0.119 e. The lowest BCUT2D eigenvalue weighted by Gasteiger charge is -2.02. The molecular formula is C9H12O2. The average Bonchev–Trinajstić information content (AvgIpc) is 2.04. The van der Waals surface area contributed by atoms with Crippen LogP contribution in [0.3, 0.4) is 0 Å². The lowest BCUT2D eigenvalue weighted by Crippen LogP contribution is -1.98. The van der Waals surface area contributed by atoms with E-state index in [1.165, 1.54) is 0 Å². The van der Waals surface area contributed by atoms with Gasteiger partial charge in [-0.3, -0.25) is 0 Å². The van der Waals surface area contributed by atoms with Crippen LogP contribution in [0.5, 0.6) is 5.75 Å². The molecule has 0 radical (unpaired) electrons. The number of hydrogen-bond acceptors (Lipinski definition) is 2.